The molecule has 23 heavy (non-hydrogen) atoms. The van der Waals surface area contributed by atoms with E-state index in [-0.39, 0.29) is 12.3 Å². The van der Waals surface area contributed by atoms with E-state index in [9.17, 15) is 4.79 Å². The van der Waals surface area contributed by atoms with Crippen molar-refractivity contribution in [3.63, 3.8) is 0 Å². The van der Waals surface area contributed by atoms with Gasteiger partial charge < -0.3 is 11.1 Å². The Hall–Kier alpha value is -2.60. The van der Waals surface area contributed by atoms with Gasteiger partial charge in [0.15, 0.2) is 0 Å². The highest BCUT2D eigenvalue weighted by Gasteiger charge is 2.12. The Morgan fingerprint density at radius 1 is 1.22 bits per heavy atom. The molecule has 0 saturated heterocycles. The number of amides is 1. The molecule has 3 rings (SSSR count). The highest BCUT2D eigenvalue weighted by Crippen LogP contribution is 2.36. The van der Waals surface area contributed by atoms with Gasteiger partial charge in [-0.2, -0.15) is 0 Å². The first-order chi connectivity index (χ1) is 11.1. The van der Waals surface area contributed by atoms with Crippen molar-refractivity contribution >= 4 is 41.2 Å². The number of rotatable bonds is 4. The largest absolute Gasteiger partial charge is 0.396 e. The van der Waals surface area contributed by atoms with E-state index < -0.39 is 0 Å². The van der Waals surface area contributed by atoms with Crippen LogP contribution in [-0.2, 0) is 11.2 Å². The molecule has 0 unspecified atom stereocenters. The minimum atomic E-state index is -0.141. The van der Waals surface area contributed by atoms with Gasteiger partial charge in [-0.15, -0.1) is 11.3 Å². The van der Waals surface area contributed by atoms with Crippen LogP contribution in [0.5, 0.6) is 0 Å². The molecule has 0 bridgehead atoms. The Labute approximate surface area is 139 Å². The number of nitrogens with zero attached hydrogens (tertiary/aromatic N) is 1. The van der Waals surface area contributed by atoms with Gasteiger partial charge in [-0.25, -0.2) is 0 Å². The van der Waals surface area contributed by atoms with Gasteiger partial charge in [0, 0.05) is 17.3 Å². The van der Waals surface area contributed by atoms with Crippen molar-refractivity contribution in [2.24, 2.45) is 0 Å². The van der Waals surface area contributed by atoms with Crippen LogP contribution in [0.1, 0.15) is 5.56 Å². The summed E-state index contributed by atoms with van der Waals surface area (Å²) < 4.78 is 0. The zero-order valence-corrected chi connectivity index (χ0v) is 13.1. The van der Waals surface area contributed by atoms with Gasteiger partial charge in [0.05, 0.1) is 12.1 Å². The molecule has 112 valence electrons. The van der Waals surface area contributed by atoms with E-state index in [0.29, 0.717) is 16.2 Å². The maximum Gasteiger partial charge on any atom is 0.229 e. The Morgan fingerprint density at radius 3 is 2.70 bits per heavy atom. The predicted octanol–water partition coefficient (Wildman–Crippen LogP) is 2.37. The smallest absolute Gasteiger partial charge is 0.229 e. The van der Waals surface area contributed by atoms with Gasteiger partial charge in [0.1, 0.15) is 12.8 Å². The number of benzene rings is 1. The SMILES string of the molecule is [B]c1ccccc1CC(=O)Nc1sc(-c2ccncc2)cc1N. The molecular formula is C17H14BN3OS. The van der Waals surface area contributed by atoms with Crippen LogP contribution in [0.15, 0.2) is 54.9 Å². The number of pyridine rings is 1. The molecule has 2 heterocycles. The summed E-state index contributed by atoms with van der Waals surface area (Å²) in [6.07, 6.45) is 3.66. The molecule has 1 aromatic carbocycles. The first-order valence-corrected chi connectivity index (χ1v) is 7.88. The van der Waals surface area contributed by atoms with Crippen LogP contribution >= 0.6 is 11.3 Å². The van der Waals surface area contributed by atoms with Crippen LogP contribution in [0.25, 0.3) is 10.4 Å². The lowest BCUT2D eigenvalue weighted by Crippen LogP contribution is -2.19. The molecule has 0 aliphatic rings. The lowest BCUT2D eigenvalue weighted by molar-refractivity contribution is -0.115. The van der Waals surface area contributed by atoms with Crippen LogP contribution in [0, 0.1) is 0 Å². The average Bonchev–Trinajstić information content (AvgIpc) is 2.91. The molecule has 0 aliphatic carbocycles. The second-order valence-corrected chi connectivity index (χ2v) is 6.11. The second kappa shape index (κ2) is 6.66. The van der Waals surface area contributed by atoms with E-state index in [0.717, 1.165) is 16.0 Å². The minimum Gasteiger partial charge on any atom is -0.396 e. The first kappa shape index (κ1) is 15.3. The van der Waals surface area contributed by atoms with Crippen molar-refractivity contribution < 1.29 is 4.79 Å². The second-order valence-electron chi connectivity index (χ2n) is 5.05. The van der Waals surface area contributed by atoms with E-state index in [4.69, 9.17) is 13.6 Å². The number of nitrogens with one attached hydrogen (secondary N) is 1. The fourth-order valence-electron chi connectivity index (χ4n) is 2.20. The Bertz CT molecular complexity index is 833. The molecule has 2 aromatic heterocycles. The standard InChI is InChI=1S/C17H14BN3OS/c18-13-4-2-1-3-12(13)9-16(22)21-17-14(19)10-15(23-17)11-5-7-20-8-6-11/h1-8,10H,9,19H2,(H,21,22). The maximum absolute atomic E-state index is 12.2. The number of carbonyl (C=O) groups is 1. The molecular weight excluding hydrogens is 305 g/mol. The van der Waals surface area contributed by atoms with Gasteiger partial charge in [-0.3, -0.25) is 9.78 Å². The van der Waals surface area contributed by atoms with Crippen LogP contribution in [0.3, 0.4) is 0 Å². The number of hydrogen-bond acceptors (Lipinski definition) is 4. The third kappa shape index (κ3) is 3.60. The van der Waals surface area contributed by atoms with Crippen LogP contribution in [0.4, 0.5) is 10.7 Å². The van der Waals surface area contributed by atoms with Crippen LogP contribution < -0.4 is 16.5 Å². The van der Waals surface area contributed by atoms with Crippen LogP contribution in [-0.4, -0.2) is 18.7 Å². The molecule has 0 aliphatic heterocycles. The fourth-order valence-corrected chi connectivity index (χ4v) is 3.20. The van der Waals surface area contributed by atoms with Crippen molar-refractivity contribution in [3.8, 4) is 10.4 Å². The van der Waals surface area contributed by atoms with Crippen LogP contribution in [0.2, 0.25) is 0 Å². The van der Waals surface area contributed by atoms with Crippen molar-refractivity contribution in [2.45, 2.75) is 6.42 Å². The topological polar surface area (TPSA) is 68.0 Å². The number of anilines is 2. The van der Waals surface area contributed by atoms with Gasteiger partial charge >= 0.3 is 0 Å². The molecule has 1 amide bonds. The molecule has 3 aromatic rings. The summed E-state index contributed by atoms with van der Waals surface area (Å²) in [6.45, 7) is 0. The third-order valence-electron chi connectivity index (χ3n) is 3.38. The summed E-state index contributed by atoms with van der Waals surface area (Å²) >= 11 is 1.44. The number of nitrogen functional groups attached to an aromatic ring is 1. The molecule has 0 atom stereocenters. The van der Waals surface area contributed by atoms with Crippen molar-refractivity contribution in [3.05, 3.63) is 60.4 Å². The van der Waals surface area contributed by atoms with Crippen molar-refractivity contribution in [2.75, 3.05) is 11.1 Å². The summed E-state index contributed by atoms with van der Waals surface area (Å²) in [4.78, 5) is 17.2. The molecule has 6 heteroatoms. The summed E-state index contributed by atoms with van der Waals surface area (Å²) in [5.41, 5.74) is 8.99. The van der Waals surface area contributed by atoms with E-state index in [2.05, 4.69) is 10.3 Å². The zero-order chi connectivity index (χ0) is 16.2. The van der Waals surface area contributed by atoms with Gasteiger partial charge in [0.2, 0.25) is 5.91 Å². The Balaban J connectivity index is 1.74. The summed E-state index contributed by atoms with van der Waals surface area (Å²) in [5.74, 6) is -0.141. The first-order valence-electron chi connectivity index (χ1n) is 7.06. The van der Waals surface area contributed by atoms with E-state index in [1.54, 1.807) is 18.5 Å². The fraction of sp³-hybridized carbons (Fsp3) is 0.0588. The van der Waals surface area contributed by atoms with Crippen molar-refractivity contribution in [1.82, 2.24) is 4.98 Å². The maximum atomic E-state index is 12.2. The van der Waals surface area contributed by atoms with Crippen molar-refractivity contribution in [1.29, 1.82) is 0 Å². The van der Waals surface area contributed by atoms with Gasteiger partial charge in [-0.1, -0.05) is 29.7 Å². The van der Waals surface area contributed by atoms with E-state index in [1.807, 2.05) is 36.4 Å². The summed E-state index contributed by atoms with van der Waals surface area (Å²) in [6, 6.07) is 13.0. The highest BCUT2D eigenvalue weighted by atomic mass is 32.1. The monoisotopic (exact) mass is 319 g/mol. The van der Waals surface area contributed by atoms with Gasteiger partial charge in [0.25, 0.3) is 0 Å². The highest BCUT2D eigenvalue weighted by molar-refractivity contribution is 7.20. The molecule has 2 radical (unpaired) electrons. The zero-order valence-electron chi connectivity index (χ0n) is 12.3. The lowest BCUT2D eigenvalue weighted by Gasteiger charge is -2.06. The minimum absolute atomic E-state index is 0.141. The molecule has 3 N–H and O–H groups in total. The van der Waals surface area contributed by atoms with E-state index in [1.165, 1.54) is 11.3 Å². The number of thiophene rings is 1. The summed E-state index contributed by atoms with van der Waals surface area (Å²) in [5, 5.41) is 3.51. The lowest BCUT2D eigenvalue weighted by atomic mass is 9.89. The molecule has 0 spiro atoms. The molecule has 0 fully saturated rings. The average molecular weight is 319 g/mol. The third-order valence-corrected chi connectivity index (χ3v) is 4.50. The quantitative estimate of drug-likeness (QED) is 0.726. The molecule has 0 saturated carbocycles. The molecule has 4 nitrogen and oxygen atoms in total. The predicted molar refractivity (Wildman–Crippen MR) is 96.1 cm³/mol. The number of carbonyl (C=O) groups excluding carboxylic acids is 1. The van der Waals surface area contributed by atoms with Gasteiger partial charge in [-0.05, 0) is 29.3 Å². The Morgan fingerprint density at radius 2 is 1.96 bits per heavy atom. The normalized spacial score (nSPS) is 10.4. The Kier molecular flexibility index (Phi) is 4.44. The number of hydrogen-bond donors (Lipinski definition) is 2. The number of nitrogens with two attached hydrogens (primary N) is 1. The summed E-state index contributed by atoms with van der Waals surface area (Å²) in [7, 11) is 5.86. The number of aromatic nitrogens is 1. The van der Waals surface area contributed by atoms with E-state index >= 15 is 0 Å².